The third kappa shape index (κ3) is 3.17. The van der Waals surface area contributed by atoms with Crippen molar-refractivity contribution >= 4 is 5.69 Å². The second-order valence-corrected chi connectivity index (χ2v) is 4.29. The van der Waals surface area contributed by atoms with E-state index in [4.69, 9.17) is 10.5 Å². The van der Waals surface area contributed by atoms with Crippen LogP contribution in [0.2, 0.25) is 0 Å². The van der Waals surface area contributed by atoms with Crippen LogP contribution in [0.5, 0.6) is 11.8 Å². The smallest absolute Gasteiger partial charge is 0.416 e. The van der Waals surface area contributed by atoms with Crippen molar-refractivity contribution in [2.75, 3.05) is 5.73 Å². The molecule has 0 bridgehead atoms. The Bertz CT molecular complexity index is 621. The predicted molar refractivity (Wildman–Crippen MR) is 67.4 cm³/mol. The van der Waals surface area contributed by atoms with E-state index in [9.17, 15) is 13.2 Å². The van der Waals surface area contributed by atoms with Gasteiger partial charge in [0.25, 0.3) is 0 Å². The number of aromatic nitrogens is 2. The van der Waals surface area contributed by atoms with Gasteiger partial charge < -0.3 is 10.5 Å². The normalized spacial score (nSPS) is 11.4. The van der Waals surface area contributed by atoms with Crippen molar-refractivity contribution < 1.29 is 17.9 Å². The van der Waals surface area contributed by atoms with Gasteiger partial charge in [0.15, 0.2) is 5.75 Å². The van der Waals surface area contributed by atoms with Gasteiger partial charge in [0.05, 0.1) is 11.3 Å². The van der Waals surface area contributed by atoms with Crippen molar-refractivity contribution in [1.29, 1.82) is 0 Å². The number of aryl methyl sites for hydroxylation is 2. The van der Waals surface area contributed by atoms with Crippen LogP contribution in [0.15, 0.2) is 24.3 Å². The van der Waals surface area contributed by atoms with Crippen molar-refractivity contribution in [3.8, 4) is 11.8 Å². The Morgan fingerprint density at radius 2 is 1.65 bits per heavy atom. The van der Waals surface area contributed by atoms with Crippen molar-refractivity contribution in [3.05, 3.63) is 41.2 Å². The minimum atomic E-state index is -4.44. The van der Waals surface area contributed by atoms with Crippen LogP contribution in [0, 0.1) is 13.8 Å². The maximum absolute atomic E-state index is 12.5. The molecule has 4 nitrogen and oxygen atoms in total. The first-order valence-corrected chi connectivity index (χ1v) is 5.72. The highest BCUT2D eigenvalue weighted by atomic mass is 19.4. The highest BCUT2D eigenvalue weighted by molar-refractivity contribution is 5.55. The zero-order valence-corrected chi connectivity index (χ0v) is 10.8. The monoisotopic (exact) mass is 283 g/mol. The molecule has 1 aromatic heterocycles. The van der Waals surface area contributed by atoms with Gasteiger partial charge in [-0.15, -0.1) is 0 Å². The van der Waals surface area contributed by atoms with Crippen LogP contribution in [-0.4, -0.2) is 9.97 Å². The molecule has 0 saturated carbocycles. The average molecular weight is 283 g/mol. The fraction of sp³-hybridized carbons (Fsp3) is 0.231. The number of benzene rings is 1. The van der Waals surface area contributed by atoms with Gasteiger partial charge in [-0.1, -0.05) is 0 Å². The first kappa shape index (κ1) is 14.1. The van der Waals surface area contributed by atoms with Crippen molar-refractivity contribution in [1.82, 2.24) is 9.97 Å². The molecule has 0 fully saturated rings. The summed E-state index contributed by atoms with van der Waals surface area (Å²) in [6, 6.07) is 4.67. The van der Waals surface area contributed by atoms with Crippen molar-refractivity contribution in [2.24, 2.45) is 0 Å². The summed E-state index contributed by atoms with van der Waals surface area (Å²) >= 11 is 0. The van der Waals surface area contributed by atoms with E-state index in [1.807, 2.05) is 0 Å². The van der Waals surface area contributed by atoms with Crippen LogP contribution in [0.25, 0.3) is 0 Å². The Kier molecular flexibility index (Phi) is 3.52. The van der Waals surface area contributed by atoms with Crippen molar-refractivity contribution in [2.45, 2.75) is 20.0 Å². The highest BCUT2D eigenvalue weighted by Crippen LogP contribution is 2.34. The lowest BCUT2D eigenvalue weighted by Crippen LogP contribution is -2.06. The van der Waals surface area contributed by atoms with Crippen LogP contribution in [0.1, 0.15) is 17.0 Å². The van der Waals surface area contributed by atoms with Gasteiger partial charge in [-0.25, -0.2) is 9.97 Å². The molecule has 0 saturated heterocycles. The number of anilines is 1. The van der Waals surface area contributed by atoms with Crippen LogP contribution in [-0.2, 0) is 6.18 Å². The van der Waals surface area contributed by atoms with E-state index in [1.165, 1.54) is 0 Å². The largest absolute Gasteiger partial charge is 0.422 e. The summed E-state index contributed by atoms with van der Waals surface area (Å²) in [5.74, 6) is 0.0861. The summed E-state index contributed by atoms with van der Waals surface area (Å²) in [7, 11) is 0. The number of alkyl halides is 3. The van der Waals surface area contributed by atoms with Crippen LogP contribution in [0.4, 0.5) is 18.9 Å². The summed E-state index contributed by atoms with van der Waals surface area (Å²) in [4.78, 5) is 8.06. The number of nitrogen functional groups attached to an aromatic ring is 1. The predicted octanol–water partition coefficient (Wildman–Crippen LogP) is 3.49. The van der Waals surface area contributed by atoms with Gasteiger partial charge in [0.2, 0.25) is 0 Å². The lowest BCUT2D eigenvalue weighted by Gasteiger charge is -2.11. The Morgan fingerprint density at radius 1 is 1.05 bits per heavy atom. The maximum atomic E-state index is 12.5. The third-order valence-corrected chi connectivity index (χ3v) is 2.50. The number of rotatable bonds is 2. The third-order valence-electron chi connectivity index (χ3n) is 2.50. The van der Waals surface area contributed by atoms with Gasteiger partial charge in [0.1, 0.15) is 0 Å². The molecule has 106 valence electrons. The number of nitrogens with two attached hydrogens (primary N) is 1. The van der Waals surface area contributed by atoms with Crippen molar-refractivity contribution in [3.63, 3.8) is 0 Å². The van der Waals surface area contributed by atoms with Gasteiger partial charge in [-0.05, 0) is 38.1 Å². The van der Waals surface area contributed by atoms with Crippen LogP contribution in [0.3, 0.4) is 0 Å². The summed E-state index contributed by atoms with van der Waals surface area (Å²) in [5.41, 5.74) is 5.99. The molecule has 0 amide bonds. The molecule has 0 spiro atoms. The zero-order valence-electron chi connectivity index (χ0n) is 10.8. The molecular formula is C13H12F3N3O. The lowest BCUT2D eigenvalue weighted by molar-refractivity contribution is -0.137. The second kappa shape index (κ2) is 4.99. The molecule has 7 heteroatoms. The quantitative estimate of drug-likeness (QED) is 0.857. The molecule has 0 radical (unpaired) electrons. The van der Waals surface area contributed by atoms with Crippen LogP contribution >= 0.6 is 0 Å². The number of hydrogen-bond donors (Lipinski definition) is 1. The number of nitrogens with zero attached hydrogens (tertiary/aromatic N) is 2. The van der Waals surface area contributed by atoms with E-state index >= 15 is 0 Å². The minimum absolute atomic E-state index is 0.0500. The standard InChI is InChI=1S/C13H12F3N3O/c1-7-5-8(2)19-12(18-7)20-11-4-3-9(6-10(11)17)13(14,15)16/h3-6H,17H2,1-2H3. The topological polar surface area (TPSA) is 61.0 Å². The first-order valence-electron chi connectivity index (χ1n) is 5.72. The summed E-state index contributed by atoms with van der Waals surface area (Å²) < 4.78 is 42.9. The number of ether oxygens (including phenoxy) is 1. The molecule has 0 unspecified atom stereocenters. The summed E-state index contributed by atoms with van der Waals surface area (Å²) in [5, 5.41) is 0. The fourth-order valence-corrected chi connectivity index (χ4v) is 1.66. The molecule has 0 aliphatic heterocycles. The minimum Gasteiger partial charge on any atom is -0.422 e. The average Bonchev–Trinajstić information content (AvgIpc) is 2.29. The molecule has 20 heavy (non-hydrogen) atoms. The Balaban J connectivity index is 2.30. The molecule has 2 rings (SSSR count). The number of hydrogen-bond acceptors (Lipinski definition) is 4. The highest BCUT2D eigenvalue weighted by Gasteiger charge is 2.31. The Hall–Kier alpha value is -2.31. The van der Waals surface area contributed by atoms with Gasteiger partial charge in [-0.3, -0.25) is 0 Å². The molecule has 1 heterocycles. The lowest BCUT2D eigenvalue weighted by atomic mass is 10.2. The molecule has 0 aliphatic carbocycles. The van der Waals surface area contributed by atoms with E-state index in [0.29, 0.717) is 11.4 Å². The van der Waals surface area contributed by atoms with E-state index in [1.54, 1.807) is 19.9 Å². The van der Waals surface area contributed by atoms with E-state index in [0.717, 1.165) is 18.2 Å². The first-order chi connectivity index (χ1) is 9.25. The summed E-state index contributed by atoms with van der Waals surface area (Å²) in [6.07, 6.45) is -4.44. The number of halogens is 3. The molecule has 1 aromatic carbocycles. The molecule has 2 N–H and O–H groups in total. The van der Waals surface area contributed by atoms with Gasteiger partial charge in [-0.2, -0.15) is 13.2 Å². The fourth-order valence-electron chi connectivity index (χ4n) is 1.66. The van der Waals surface area contributed by atoms with Gasteiger partial charge >= 0.3 is 12.2 Å². The van der Waals surface area contributed by atoms with Crippen LogP contribution < -0.4 is 10.5 Å². The van der Waals surface area contributed by atoms with Gasteiger partial charge in [0, 0.05) is 11.4 Å². The van der Waals surface area contributed by atoms with E-state index < -0.39 is 11.7 Å². The van der Waals surface area contributed by atoms with E-state index in [2.05, 4.69) is 9.97 Å². The Labute approximate surface area is 113 Å². The Morgan fingerprint density at radius 3 is 2.15 bits per heavy atom. The second-order valence-electron chi connectivity index (χ2n) is 4.29. The molecule has 2 aromatic rings. The van der Waals surface area contributed by atoms with E-state index in [-0.39, 0.29) is 17.4 Å². The molecule has 0 atom stereocenters. The zero-order chi connectivity index (χ0) is 14.9. The maximum Gasteiger partial charge on any atom is 0.416 e. The molecular weight excluding hydrogens is 271 g/mol. The summed E-state index contributed by atoms with van der Waals surface area (Å²) in [6.45, 7) is 3.52. The molecule has 0 aliphatic rings. The SMILES string of the molecule is Cc1cc(C)nc(Oc2ccc(C(F)(F)F)cc2N)n1.